The highest BCUT2D eigenvalue weighted by Crippen LogP contribution is 2.17. The minimum absolute atomic E-state index is 0.0676. The van der Waals surface area contributed by atoms with Crippen LogP contribution in [0.1, 0.15) is 39.0 Å². The Morgan fingerprint density at radius 2 is 2.20 bits per heavy atom. The summed E-state index contributed by atoms with van der Waals surface area (Å²) < 4.78 is 0. The van der Waals surface area contributed by atoms with Crippen LogP contribution in [0.5, 0.6) is 0 Å². The molecule has 0 radical (unpaired) electrons. The number of allylic oxidation sites excluding steroid dienone is 1. The molecule has 1 aliphatic rings. The Labute approximate surface area is 94.0 Å². The number of rotatable bonds is 6. The monoisotopic (exact) mass is 211 g/mol. The molecular weight excluding hydrogens is 186 g/mol. The summed E-state index contributed by atoms with van der Waals surface area (Å²) in [5.74, 6) is 0.451. The van der Waals surface area contributed by atoms with Crippen molar-refractivity contribution in [1.29, 1.82) is 0 Å². The van der Waals surface area contributed by atoms with Crippen molar-refractivity contribution < 1.29 is 5.11 Å². The maximum Gasteiger partial charge on any atom is 0.0590 e. The number of likely N-dealkylation sites (tertiary alicyclic amines) is 1. The third-order valence-electron chi connectivity index (χ3n) is 3.33. The first kappa shape index (κ1) is 12.7. The van der Waals surface area contributed by atoms with Crippen molar-refractivity contribution in [2.45, 2.75) is 45.1 Å². The van der Waals surface area contributed by atoms with Crippen LogP contribution in [0.15, 0.2) is 12.7 Å². The second-order valence-corrected chi connectivity index (χ2v) is 4.77. The normalized spacial score (nSPS) is 27.9. The fraction of sp³-hybridized carbons (Fsp3) is 0.846. The van der Waals surface area contributed by atoms with E-state index in [0.717, 1.165) is 25.9 Å². The molecule has 0 aromatic rings. The van der Waals surface area contributed by atoms with Gasteiger partial charge in [0.15, 0.2) is 0 Å². The summed E-state index contributed by atoms with van der Waals surface area (Å²) in [6, 6.07) is 0. The Morgan fingerprint density at radius 1 is 1.40 bits per heavy atom. The van der Waals surface area contributed by atoms with Crippen LogP contribution in [0.25, 0.3) is 0 Å². The number of aliphatic hydroxyl groups is 1. The molecule has 0 spiro atoms. The largest absolute Gasteiger partial charge is 0.393 e. The third kappa shape index (κ3) is 4.80. The van der Waals surface area contributed by atoms with Gasteiger partial charge in [-0.25, -0.2) is 0 Å². The molecule has 2 nitrogen and oxygen atoms in total. The van der Waals surface area contributed by atoms with Crippen LogP contribution in [0.3, 0.4) is 0 Å². The second-order valence-electron chi connectivity index (χ2n) is 4.77. The van der Waals surface area contributed by atoms with Gasteiger partial charge >= 0.3 is 0 Å². The molecule has 0 saturated carbocycles. The number of hydrogen-bond donors (Lipinski definition) is 1. The Hall–Kier alpha value is -0.340. The minimum atomic E-state index is -0.0676. The average molecular weight is 211 g/mol. The molecule has 1 saturated heterocycles. The minimum Gasteiger partial charge on any atom is -0.393 e. The number of nitrogens with zero attached hydrogens (tertiary/aromatic N) is 1. The van der Waals surface area contributed by atoms with E-state index in [1.54, 1.807) is 0 Å². The smallest absolute Gasteiger partial charge is 0.0590 e. The molecule has 88 valence electrons. The van der Waals surface area contributed by atoms with Crippen LogP contribution in [0.2, 0.25) is 0 Å². The van der Waals surface area contributed by atoms with Gasteiger partial charge in [-0.3, -0.25) is 0 Å². The van der Waals surface area contributed by atoms with E-state index in [-0.39, 0.29) is 6.10 Å². The summed E-state index contributed by atoms with van der Waals surface area (Å²) in [5.41, 5.74) is 0. The first-order valence-corrected chi connectivity index (χ1v) is 6.25. The lowest BCUT2D eigenvalue weighted by molar-refractivity contribution is 0.0345. The van der Waals surface area contributed by atoms with E-state index in [2.05, 4.69) is 18.4 Å². The summed E-state index contributed by atoms with van der Waals surface area (Å²) in [4.78, 5) is 2.49. The van der Waals surface area contributed by atoms with Crippen LogP contribution in [0.4, 0.5) is 0 Å². The zero-order valence-electron chi connectivity index (χ0n) is 9.99. The van der Waals surface area contributed by atoms with Gasteiger partial charge in [-0.05, 0) is 38.1 Å². The topological polar surface area (TPSA) is 23.5 Å². The summed E-state index contributed by atoms with van der Waals surface area (Å²) in [6.07, 6.45) is 7.90. The molecular formula is C13H25NO. The van der Waals surface area contributed by atoms with Gasteiger partial charge in [-0.1, -0.05) is 19.4 Å². The molecule has 1 N–H and O–H groups in total. The first-order valence-electron chi connectivity index (χ1n) is 6.25. The molecule has 1 rings (SSSR count). The predicted molar refractivity (Wildman–Crippen MR) is 64.9 cm³/mol. The molecule has 0 bridgehead atoms. The van der Waals surface area contributed by atoms with Gasteiger partial charge in [0.1, 0.15) is 0 Å². The van der Waals surface area contributed by atoms with Crippen molar-refractivity contribution in [3.8, 4) is 0 Å². The SMILES string of the molecule is C=CCCCCCN1CC[C@@H](O)[C@@H](C)C1. The molecule has 0 amide bonds. The highest BCUT2D eigenvalue weighted by atomic mass is 16.3. The lowest BCUT2D eigenvalue weighted by Gasteiger charge is -2.34. The van der Waals surface area contributed by atoms with E-state index in [0.29, 0.717) is 5.92 Å². The maximum atomic E-state index is 9.60. The highest BCUT2D eigenvalue weighted by Gasteiger charge is 2.23. The van der Waals surface area contributed by atoms with Crippen molar-refractivity contribution in [2.24, 2.45) is 5.92 Å². The number of hydrogen-bond acceptors (Lipinski definition) is 2. The van der Waals surface area contributed by atoms with E-state index in [1.807, 2.05) is 6.08 Å². The van der Waals surface area contributed by atoms with E-state index < -0.39 is 0 Å². The van der Waals surface area contributed by atoms with E-state index in [1.165, 1.54) is 25.8 Å². The quantitative estimate of drug-likeness (QED) is 0.539. The van der Waals surface area contributed by atoms with Crippen molar-refractivity contribution in [3.05, 3.63) is 12.7 Å². The molecule has 0 aliphatic carbocycles. The van der Waals surface area contributed by atoms with Crippen molar-refractivity contribution >= 4 is 0 Å². The van der Waals surface area contributed by atoms with Gasteiger partial charge in [0.05, 0.1) is 6.10 Å². The Morgan fingerprint density at radius 3 is 2.87 bits per heavy atom. The molecule has 0 aromatic heterocycles. The lowest BCUT2D eigenvalue weighted by atomic mass is 9.96. The van der Waals surface area contributed by atoms with Gasteiger partial charge in [0.25, 0.3) is 0 Å². The molecule has 2 atom stereocenters. The van der Waals surface area contributed by atoms with Gasteiger partial charge in [0, 0.05) is 13.1 Å². The Bertz CT molecular complexity index is 181. The Kier molecular flexibility index (Phi) is 5.96. The van der Waals surface area contributed by atoms with Crippen molar-refractivity contribution in [1.82, 2.24) is 4.90 Å². The Balaban J connectivity index is 2.04. The summed E-state index contributed by atoms with van der Waals surface area (Å²) in [7, 11) is 0. The van der Waals surface area contributed by atoms with Crippen LogP contribution in [-0.4, -0.2) is 35.7 Å². The highest BCUT2D eigenvalue weighted by molar-refractivity contribution is 4.77. The number of aliphatic hydroxyl groups excluding tert-OH is 1. The van der Waals surface area contributed by atoms with Crippen LogP contribution in [0, 0.1) is 5.92 Å². The number of piperidine rings is 1. The fourth-order valence-electron chi connectivity index (χ4n) is 2.22. The van der Waals surface area contributed by atoms with Gasteiger partial charge in [-0.2, -0.15) is 0 Å². The van der Waals surface area contributed by atoms with Crippen LogP contribution < -0.4 is 0 Å². The van der Waals surface area contributed by atoms with E-state index in [9.17, 15) is 5.11 Å². The zero-order valence-corrected chi connectivity index (χ0v) is 9.99. The summed E-state index contributed by atoms with van der Waals surface area (Å²) >= 11 is 0. The number of unbranched alkanes of at least 4 members (excludes halogenated alkanes) is 3. The van der Waals surface area contributed by atoms with Crippen LogP contribution >= 0.6 is 0 Å². The molecule has 1 fully saturated rings. The standard InChI is InChI=1S/C13H25NO/c1-3-4-5-6-7-9-14-10-8-13(15)12(2)11-14/h3,12-13,15H,1,4-11H2,2H3/t12-,13+/m0/s1. The lowest BCUT2D eigenvalue weighted by Crippen LogP contribution is -2.42. The van der Waals surface area contributed by atoms with Crippen molar-refractivity contribution in [3.63, 3.8) is 0 Å². The predicted octanol–water partition coefficient (Wildman–Crippen LogP) is 2.44. The molecule has 2 heteroatoms. The zero-order chi connectivity index (χ0) is 11.1. The summed E-state index contributed by atoms with van der Waals surface area (Å²) in [6.45, 7) is 9.23. The molecule has 0 aromatic carbocycles. The second kappa shape index (κ2) is 7.02. The maximum absolute atomic E-state index is 9.60. The van der Waals surface area contributed by atoms with Crippen LogP contribution in [-0.2, 0) is 0 Å². The first-order chi connectivity index (χ1) is 7.24. The average Bonchev–Trinajstić information content (AvgIpc) is 2.23. The summed E-state index contributed by atoms with van der Waals surface area (Å²) in [5, 5.41) is 9.60. The van der Waals surface area contributed by atoms with E-state index in [4.69, 9.17) is 0 Å². The molecule has 0 unspecified atom stereocenters. The van der Waals surface area contributed by atoms with Gasteiger partial charge in [0.2, 0.25) is 0 Å². The van der Waals surface area contributed by atoms with Gasteiger partial charge < -0.3 is 10.0 Å². The van der Waals surface area contributed by atoms with Crippen molar-refractivity contribution in [2.75, 3.05) is 19.6 Å². The molecule has 1 aliphatic heterocycles. The fourth-order valence-corrected chi connectivity index (χ4v) is 2.22. The molecule has 15 heavy (non-hydrogen) atoms. The third-order valence-corrected chi connectivity index (χ3v) is 3.33. The van der Waals surface area contributed by atoms with E-state index >= 15 is 0 Å². The van der Waals surface area contributed by atoms with Gasteiger partial charge in [-0.15, -0.1) is 6.58 Å². The molecule has 1 heterocycles.